The lowest BCUT2D eigenvalue weighted by Gasteiger charge is -2.48. The van der Waals surface area contributed by atoms with Crippen LogP contribution in [0.15, 0.2) is 26.2 Å². The molecule has 1 unspecified atom stereocenters. The Labute approximate surface area is 166 Å². The minimum absolute atomic E-state index is 0.101. The van der Waals surface area contributed by atoms with Crippen LogP contribution in [-0.4, -0.2) is 69.3 Å². The Morgan fingerprint density at radius 3 is 2.85 bits per heavy atom. The van der Waals surface area contributed by atoms with E-state index >= 15 is 0 Å². The largest absolute Gasteiger partial charge is 0.477 e. The quantitative estimate of drug-likeness (QED) is 0.377. The van der Waals surface area contributed by atoms with Gasteiger partial charge in [0.25, 0.3) is 11.8 Å². The first-order valence-corrected chi connectivity index (χ1v) is 10.9. The average molecular weight is 436 g/mol. The molecule has 1 saturated heterocycles. The number of oxime groups is 1. The maximum Gasteiger partial charge on any atom is 0.353 e. The van der Waals surface area contributed by atoms with Gasteiger partial charge in [-0.15, -0.1) is 35.3 Å². The molecular formula is C14H14ClN3O5S3. The summed E-state index contributed by atoms with van der Waals surface area (Å²) < 4.78 is 0. The molecule has 0 saturated carbocycles. The van der Waals surface area contributed by atoms with Crippen LogP contribution in [0.3, 0.4) is 0 Å². The zero-order valence-corrected chi connectivity index (χ0v) is 16.6. The molecule has 3 aliphatic rings. The van der Waals surface area contributed by atoms with Gasteiger partial charge in [0, 0.05) is 22.2 Å². The number of aliphatic carboxylic acids is 1. The summed E-state index contributed by atoms with van der Waals surface area (Å²) in [4.78, 5) is 42.9. The smallest absolute Gasteiger partial charge is 0.353 e. The van der Waals surface area contributed by atoms with Gasteiger partial charge in [-0.25, -0.2) is 4.79 Å². The van der Waals surface area contributed by atoms with Crippen molar-refractivity contribution in [3.8, 4) is 0 Å². The van der Waals surface area contributed by atoms with Crippen molar-refractivity contribution in [2.45, 2.75) is 11.4 Å². The van der Waals surface area contributed by atoms with E-state index in [1.807, 2.05) is 5.41 Å². The number of β-lactam (4-membered cyclic amide) rings is 1. The number of carboxylic acid groups (broad SMARTS) is 1. The Morgan fingerprint density at radius 2 is 2.23 bits per heavy atom. The predicted octanol–water partition coefficient (Wildman–Crippen LogP) is 1.25. The normalized spacial score (nSPS) is 25.9. The number of nitrogens with one attached hydrogen (secondary N) is 1. The molecule has 26 heavy (non-hydrogen) atoms. The highest BCUT2D eigenvalue weighted by atomic mass is 35.5. The number of hydrogen-bond acceptors (Lipinski definition) is 8. The van der Waals surface area contributed by atoms with Gasteiger partial charge in [-0.05, 0) is 5.41 Å². The van der Waals surface area contributed by atoms with Crippen molar-refractivity contribution in [2.24, 2.45) is 5.16 Å². The van der Waals surface area contributed by atoms with Crippen molar-refractivity contribution in [3.05, 3.63) is 21.0 Å². The Hall–Kier alpha value is -1.30. The minimum atomic E-state index is -1.26. The van der Waals surface area contributed by atoms with Crippen LogP contribution < -0.4 is 5.32 Å². The Balaban J connectivity index is 1.75. The number of amides is 2. The second kappa shape index (κ2) is 8.15. The van der Waals surface area contributed by atoms with Crippen molar-refractivity contribution in [1.29, 1.82) is 0 Å². The third-order valence-corrected chi connectivity index (χ3v) is 7.72. The lowest BCUT2D eigenvalue weighted by Crippen LogP contribution is -2.70. The van der Waals surface area contributed by atoms with E-state index in [9.17, 15) is 19.5 Å². The zero-order chi connectivity index (χ0) is 18.8. The fraction of sp³-hybridized carbons (Fsp3) is 0.429. The standard InChI is InChI=1S/C14H14ClN3O5S3/c1-23-17-8(7-5-24-2-3-25-7)11(19)16-9-12(20)18-10(14(21)22)6(15)4-26-13(9)18/h5,9,13H,2-4H2,1H3,(H,16,19)(H,21,22)/t9?,13-/m0/s1. The highest BCUT2D eigenvalue weighted by Gasteiger charge is 2.54. The van der Waals surface area contributed by atoms with Crippen LogP contribution in [-0.2, 0) is 19.2 Å². The van der Waals surface area contributed by atoms with Crippen LogP contribution >= 0.6 is 46.9 Å². The summed E-state index contributed by atoms with van der Waals surface area (Å²) in [5.41, 5.74) is -0.123. The lowest BCUT2D eigenvalue weighted by molar-refractivity contribution is -0.150. The molecule has 3 heterocycles. The molecule has 2 N–H and O–H groups in total. The molecule has 0 aromatic heterocycles. The van der Waals surface area contributed by atoms with Gasteiger partial charge in [0.2, 0.25) is 0 Å². The van der Waals surface area contributed by atoms with Crippen LogP contribution in [0, 0.1) is 0 Å². The SMILES string of the molecule is CON=C(C(=O)NC1C(=O)N2C(C(=O)O)=C(Cl)CS[C@@H]12)C1=CSCCS1. The summed E-state index contributed by atoms with van der Waals surface area (Å²) in [6.07, 6.45) is 0. The summed E-state index contributed by atoms with van der Waals surface area (Å²) in [5, 5.41) is 17.1. The number of hydrogen-bond donors (Lipinski definition) is 2. The number of thioether (sulfide) groups is 3. The molecule has 0 aliphatic carbocycles. The summed E-state index contributed by atoms with van der Waals surface area (Å²) in [5.74, 6) is -0.268. The number of carbonyl (C=O) groups is 3. The molecule has 0 spiro atoms. The molecule has 12 heteroatoms. The van der Waals surface area contributed by atoms with E-state index in [4.69, 9.17) is 16.4 Å². The van der Waals surface area contributed by atoms with Gasteiger partial charge in [0.05, 0.1) is 5.03 Å². The molecule has 0 aromatic rings. The van der Waals surface area contributed by atoms with E-state index < -0.39 is 29.2 Å². The maximum absolute atomic E-state index is 12.6. The van der Waals surface area contributed by atoms with Crippen LogP contribution in [0.1, 0.15) is 0 Å². The lowest BCUT2D eigenvalue weighted by atomic mass is 10.0. The number of nitrogens with zero attached hydrogens (tertiary/aromatic N) is 2. The first kappa shape index (κ1) is 19.5. The summed E-state index contributed by atoms with van der Waals surface area (Å²) in [7, 11) is 1.34. The fourth-order valence-corrected chi connectivity index (χ4v) is 6.19. The molecule has 0 bridgehead atoms. The first-order chi connectivity index (χ1) is 12.5. The molecule has 0 aromatic carbocycles. The number of rotatable bonds is 5. The number of halogens is 1. The second-order valence-corrected chi connectivity index (χ2v) is 8.92. The minimum Gasteiger partial charge on any atom is -0.477 e. The van der Waals surface area contributed by atoms with Gasteiger partial charge in [0.15, 0.2) is 5.71 Å². The fourth-order valence-electron chi connectivity index (χ4n) is 2.57. The van der Waals surface area contributed by atoms with Crippen LogP contribution in [0.5, 0.6) is 0 Å². The number of fused-ring (bicyclic) bond motifs is 1. The first-order valence-electron chi connectivity index (χ1n) is 7.39. The van der Waals surface area contributed by atoms with E-state index in [1.165, 1.54) is 30.6 Å². The Kier molecular flexibility index (Phi) is 6.10. The van der Waals surface area contributed by atoms with Gasteiger partial charge in [-0.1, -0.05) is 16.8 Å². The second-order valence-electron chi connectivity index (χ2n) is 5.24. The molecule has 1 fully saturated rings. The van der Waals surface area contributed by atoms with Crippen molar-refractivity contribution in [2.75, 3.05) is 24.4 Å². The summed E-state index contributed by atoms with van der Waals surface area (Å²) in [6, 6.07) is -0.837. The van der Waals surface area contributed by atoms with E-state index in [-0.39, 0.29) is 22.2 Å². The van der Waals surface area contributed by atoms with Crippen LogP contribution in [0.4, 0.5) is 0 Å². The van der Waals surface area contributed by atoms with Crippen LogP contribution in [0.25, 0.3) is 0 Å². The Morgan fingerprint density at radius 1 is 1.46 bits per heavy atom. The third-order valence-electron chi connectivity index (χ3n) is 3.69. The van der Waals surface area contributed by atoms with Crippen molar-refractivity contribution in [1.82, 2.24) is 10.2 Å². The molecule has 140 valence electrons. The average Bonchev–Trinajstić information content (AvgIpc) is 2.64. The molecule has 2 amide bonds. The molecule has 0 radical (unpaired) electrons. The number of carboxylic acids is 1. The summed E-state index contributed by atoms with van der Waals surface area (Å²) >= 11 is 10.3. The Bertz CT molecular complexity index is 754. The monoisotopic (exact) mass is 435 g/mol. The van der Waals surface area contributed by atoms with Gasteiger partial charge >= 0.3 is 5.97 Å². The van der Waals surface area contributed by atoms with Crippen LogP contribution in [0.2, 0.25) is 0 Å². The van der Waals surface area contributed by atoms with Gasteiger partial charge in [0.1, 0.15) is 24.2 Å². The highest BCUT2D eigenvalue weighted by Crippen LogP contribution is 2.41. The third kappa shape index (κ3) is 3.57. The molecule has 3 aliphatic heterocycles. The van der Waals surface area contributed by atoms with E-state index in [1.54, 1.807) is 11.8 Å². The highest BCUT2D eigenvalue weighted by molar-refractivity contribution is 8.10. The van der Waals surface area contributed by atoms with Gasteiger partial charge in [-0.2, -0.15) is 0 Å². The molecule has 2 atom stereocenters. The van der Waals surface area contributed by atoms with E-state index in [0.717, 1.165) is 16.4 Å². The zero-order valence-electron chi connectivity index (χ0n) is 13.4. The topological polar surface area (TPSA) is 108 Å². The van der Waals surface area contributed by atoms with Gasteiger partial charge in [-0.3, -0.25) is 14.5 Å². The van der Waals surface area contributed by atoms with Gasteiger partial charge < -0.3 is 15.3 Å². The molecule has 3 rings (SSSR count). The van der Waals surface area contributed by atoms with E-state index in [2.05, 4.69) is 10.5 Å². The molecule has 8 nitrogen and oxygen atoms in total. The van der Waals surface area contributed by atoms with Crippen molar-refractivity contribution >= 4 is 70.4 Å². The maximum atomic E-state index is 12.6. The number of carbonyl (C=O) groups excluding carboxylic acids is 2. The predicted molar refractivity (Wildman–Crippen MR) is 103 cm³/mol. The summed E-state index contributed by atoms with van der Waals surface area (Å²) in [6.45, 7) is 0. The van der Waals surface area contributed by atoms with Crippen molar-refractivity contribution < 1.29 is 24.3 Å². The van der Waals surface area contributed by atoms with Crippen molar-refractivity contribution in [3.63, 3.8) is 0 Å². The molecular weight excluding hydrogens is 422 g/mol. The van der Waals surface area contributed by atoms with E-state index in [0.29, 0.717) is 4.91 Å².